The van der Waals surface area contributed by atoms with Gasteiger partial charge in [0.2, 0.25) is 10.0 Å². The Hall–Kier alpha value is -0.690. The fraction of sp³-hybridized carbons (Fsp3) is 0.500. The molecule has 4 nitrogen and oxygen atoms in total. The van der Waals surface area contributed by atoms with E-state index in [9.17, 15) is 12.8 Å². The largest absolute Gasteiger partial charge is 0.311 e. The Morgan fingerprint density at radius 3 is 2.53 bits per heavy atom. The van der Waals surface area contributed by atoms with Crippen molar-refractivity contribution in [3.8, 4) is 0 Å². The molecule has 7 heteroatoms. The van der Waals surface area contributed by atoms with E-state index in [0.29, 0.717) is 17.1 Å². The first-order valence-electron chi connectivity index (χ1n) is 5.73. The summed E-state index contributed by atoms with van der Waals surface area (Å²) in [4.78, 5) is 0. The number of rotatable bonds is 6. The summed E-state index contributed by atoms with van der Waals surface area (Å²) >= 11 is 5.89. The lowest BCUT2D eigenvalue weighted by Crippen LogP contribution is -2.49. The highest BCUT2D eigenvalue weighted by molar-refractivity contribution is 7.88. The molecule has 0 bridgehead atoms. The van der Waals surface area contributed by atoms with Crippen LogP contribution in [0.25, 0.3) is 0 Å². The van der Waals surface area contributed by atoms with Gasteiger partial charge in [0.25, 0.3) is 0 Å². The van der Waals surface area contributed by atoms with Crippen molar-refractivity contribution in [1.82, 2.24) is 10.0 Å². The number of benzene rings is 1. The molecular formula is C12H18ClFN2O2S. The summed E-state index contributed by atoms with van der Waals surface area (Å²) in [6.07, 6.45) is 1.10. The third-order valence-electron chi connectivity index (χ3n) is 2.39. The summed E-state index contributed by atoms with van der Waals surface area (Å²) < 4.78 is 38.3. The van der Waals surface area contributed by atoms with E-state index >= 15 is 0 Å². The molecule has 0 fully saturated rings. The molecule has 0 saturated heterocycles. The first-order chi connectivity index (χ1) is 8.61. The first-order valence-corrected chi connectivity index (χ1v) is 8.00. The van der Waals surface area contributed by atoms with Crippen LogP contribution in [-0.4, -0.2) is 26.8 Å². The molecule has 0 atom stereocenters. The fourth-order valence-corrected chi connectivity index (χ4v) is 3.04. The van der Waals surface area contributed by atoms with Gasteiger partial charge in [0.15, 0.2) is 0 Å². The summed E-state index contributed by atoms with van der Waals surface area (Å²) in [6, 6.07) is 4.49. The molecule has 108 valence electrons. The van der Waals surface area contributed by atoms with Crippen molar-refractivity contribution in [2.45, 2.75) is 25.9 Å². The highest BCUT2D eigenvalue weighted by atomic mass is 35.5. The maximum Gasteiger partial charge on any atom is 0.209 e. The van der Waals surface area contributed by atoms with Gasteiger partial charge in [-0.3, -0.25) is 0 Å². The second-order valence-corrected chi connectivity index (χ2v) is 7.22. The Morgan fingerprint density at radius 1 is 1.37 bits per heavy atom. The Balaban J connectivity index is 2.59. The molecule has 0 spiro atoms. The summed E-state index contributed by atoms with van der Waals surface area (Å²) in [5, 5.41) is 3.34. The number of nitrogens with one attached hydrogen (secondary N) is 2. The lowest BCUT2D eigenvalue weighted by Gasteiger charge is -2.25. The van der Waals surface area contributed by atoms with E-state index in [1.165, 1.54) is 12.1 Å². The standard InChI is InChI=1S/C12H18ClFN2O2S/c1-12(2,16-19(3,17)18)8-15-7-9-10(13)5-4-6-11(9)14/h4-6,15-16H,7-8H2,1-3H3. The maximum absolute atomic E-state index is 13.5. The molecule has 0 aliphatic heterocycles. The van der Waals surface area contributed by atoms with E-state index in [0.717, 1.165) is 6.26 Å². The summed E-state index contributed by atoms with van der Waals surface area (Å²) in [5.41, 5.74) is -0.287. The van der Waals surface area contributed by atoms with E-state index in [-0.39, 0.29) is 12.4 Å². The van der Waals surface area contributed by atoms with Gasteiger partial charge in [-0.25, -0.2) is 17.5 Å². The van der Waals surface area contributed by atoms with E-state index in [4.69, 9.17) is 11.6 Å². The van der Waals surface area contributed by atoms with Crippen LogP contribution < -0.4 is 10.0 Å². The second kappa shape index (κ2) is 6.17. The smallest absolute Gasteiger partial charge is 0.209 e. The quantitative estimate of drug-likeness (QED) is 0.844. The Bertz CT molecular complexity index is 526. The van der Waals surface area contributed by atoms with Gasteiger partial charge in [-0.15, -0.1) is 0 Å². The molecule has 1 aromatic carbocycles. The zero-order valence-corrected chi connectivity index (χ0v) is 12.7. The predicted molar refractivity (Wildman–Crippen MR) is 75.2 cm³/mol. The molecule has 19 heavy (non-hydrogen) atoms. The number of halogens is 2. The van der Waals surface area contributed by atoms with Crippen LogP contribution in [0.1, 0.15) is 19.4 Å². The number of hydrogen-bond acceptors (Lipinski definition) is 3. The van der Waals surface area contributed by atoms with Gasteiger partial charge in [-0.05, 0) is 26.0 Å². The third-order valence-corrected chi connectivity index (χ3v) is 3.67. The van der Waals surface area contributed by atoms with Gasteiger partial charge in [0.1, 0.15) is 5.82 Å². The topological polar surface area (TPSA) is 58.2 Å². The van der Waals surface area contributed by atoms with Crippen LogP contribution in [0.3, 0.4) is 0 Å². The molecule has 0 unspecified atom stereocenters. The van der Waals surface area contributed by atoms with E-state index in [1.54, 1.807) is 19.9 Å². The maximum atomic E-state index is 13.5. The van der Waals surface area contributed by atoms with E-state index in [1.807, 2.05) is 0 Å². The molecule has 0 aromatic heterocycles. The van der Waals surface area contributed by atoms with Crippen LogP contribution in [0.4, 0.5) is 4.39 Å². The minimum Gasteiger partial charge on any atom is -0.311 e. The highest BCUT2D eigenvalue weighted by Crippen LogP contribution is 2.18. The van der Waals surface area contributed by atoms with Crippen molar-refractivity contribution in [3.63, 3.8) is 0 Å². The van der Waals surface area contributed by atoms with Crippen molar-refractivity contribution in [2.24, 2.45) is 0 Å². The van der Waals surface area contributed by atoms with Gasteiger partial charge >= 0.3 is 0 Å². The molecule has 1 rings (SSSR count). The Morgan fingerprint density at radius 2 is 2.00 bits per heavy atom. The third kappa shape index (κ3) is 5.86. The van der Waals surface area contributed by atoms with Crippen molar-refractivity contribution >= 4 is 21.6 Å². The Labute approximate surface area is 118 Å². The van der Waals surface area contributed by atoms with E-state index < -0.39 is 15.6 Å². The lowest BCUT2D eigenvalue weighted by molar-refractivity contribution is 0.418. The van der Waals surface area contributed by atoms with Gasteiger partial charge < -0.3 is 5.32 Å². The normalized spacial score (nSPS) is 12.7. The van der Waals surface area contributed by atoms with Crippen LogP contribution in [0, 0.1) is 5.82 Å². The monoisotopic (exact) mass is 308 g/mol. The van der Waals surface area contributed by atoms with Gasteiger partial charge in [-0.2, -0.15) is 0 Å². The van der Waals surface area contributed by atoms with Crippen molar-refractivity contribution in [3.05, 3.63) is 34.6 Å². The SMILES string of the molecule is CC(C)(CNCc1c(F)cccc1Cl)NS(C)(=O)=O. The van der Waals surface area contributed by atoms with Gasteiger partial charge in [0.05, 0.1) is 6.26 Å². The zero-order chi connectivity index (χ0) is 14.7. The molecule has 1 aromatic rings. The molecular weight excluding hydrogens is 291 g/mol. The molecule has 0 heterocycles. The summed E-state index contributed by atoms with van der Waals surface area (Å²) in [6.45, 7) is 4.07. The molecule has 0 saturated carbocycles. The van der Waals surface area contributed by atoms with Crippen molar-refractivity contribution in [1.29, 1.82) is 0 Å². The van der Waals surface area contributed by atoms with Crippen LogP contribution >= 0.6 is 11.6 Å². The van der Waals surface area contributed by atoms with Crippen LogP contribution in [-0.2, 0) is 16.6 Å². The van der Waals surface area contributed by atoms with Gasteiger partial charge in [-0.1, -0.05) is 17.7 Å². The zero-order valence-electron chi connectivity index (χ0n) is 11.1. The fourth-order valence-electron chi connectivity index (χ4n) is 1.74. The van der Waals surface area contributed by atoms with Crippen LogP contribution in [0.15, 0.2) is 18.2 Å². The number of sulfonamides is 1. The average molecular weight is 309 g/mol. The molecule has 0 radical (unpaired) electrons. The van der Waals surface area contributed by atoms with Crippen molar-refractivity contribution in [2.75, 3.05) is 12.8 Å². The second-order valence-electron chi connectivity index (χ2n) is 5.06. The average Bonchev–Trinajstić information content (AvgIpc) is 2.18. The molecule has 0 aliphatic rings. The van der Waals surface area contributed by atoms with Crippen molar-refractivity contribution < 1.29 is 12.8 Å². The highest BCUT2D eigenvalue weighted by Gasteiger charge is 2.21. The minimum atomic E-state index is -3.28. The lowest BCUT2D eigenvalue weighted by atomic mass is 10.1. The minimum absolute atomic E-state index is 0.236. The molecule has 2 N–H and O–H groups in total. The first kappa shape index (κ1) is 16.4. The molecule has 0 aliphatic carbocycles. The van der Waals surface area contributed by atoms with Crippen LogP contribution in [0.5, 0.6) is 0 Å². The summed E-state index contributed by atoms with van der Waals surface area (Å²) in [5.74, 6) is -0.381. The number of hydrogen-bond donors (Lipinski definition) is 2. The van der Waals surface area contributed by atoms with Crippen LogP contribution in [0.2, 0.25) is 5.02 Å². The van der Waals surface area contributed by atoms with Gasteiger partial charge in [0, 0.05) is 29.2 Å². The predicted octanol–water partition coefficient (Wildman–Crippen LogP) is 1.90. The summed E-state index contributed by atoms with van der Waals surface area (Å²) in [7, 11) is -3.28. The van der Waals surface area contributed by atoms with E-state index in [2.05, 4.69) is 10.0 Å². The molecule has 0 amide bonds. The Kier molecular flexibility index (Phi) is 5.32.